The van der Waals surface area contributed by atoms with Gasteiger partial charge in [-0.2, -0.15) is 5.26 Å². The van der Waals surface area contributed by atoms with Gasteiger partial charge in [0.25, 0.3) is 0 Å². The van der Waals surface area contributed by atoms with Crippen LogP contribution >= 0.6 is 22.9 Å². The van der Waals surface area contributed by atoms with Gasteiger partial charge in [0.15, 0.2) is 0 Å². The first kappa shape index (κ1) is 14.0. The predicted octanol–water partition coefficient (Wildman–Crippen LogP) is 3.74. The van der Waals surface area contributed by atoms with E-state index in [9.17, 15) is 4.39 Å². The van der Waals surface area contributed by atoms with Crippen molar-refractivity contribution in [2.45, 2.75) is 13.0 Å². The number of rotatable bonds is 5. The summed E-state index contributed by atoms with van der Waals surface area (Å²) in [5, 5.41) is 12.0. The number of hydrogen-bond acceptors (Lipinski definition) is 3. The highest BCUT2D eigenvalue weighted by atomic mass is 35.5. The van der Waals surface area contributed by atoms with Gasteiger partial charge in [-0.3, -0.25) is 0 Å². The third-order valence-electron chi connectivity index (χ3n) is 2.59. The fourth-order valence-corrected chi connectivity index (χ4v) is 2.83. The fraction of sp³-hybridized carbons (Fsp3) is 0.214. The quantitative estimate of drug-likeness (QED) is 0.853. The summed E-state index contributed by atoms with van der Waals surface area (Å²) in [7, 11) is 0. The topological polar surface area (TPSA) is 35.8 Å². The molecular formula is C14H12ClFN2S. The molecule has 0 unspecified atom stereocenters. The van der Waals surface area contributed by atoms with E-state index in [1.54, 1.807) is 17.4 Å². The highest BCUT2D eigenvalue weighted by molar-refractivity contribution is 7.16. The van der Waals surface area contributed by atoms with Crippen molar-refractivity contribution in [3.05, 3.63) is 56.5 Å². The van der Waals surface area contributed by atoms with Crippen molar-refractivity contribution in [1.82, 2.24) is 5.32 Å². The van der Waals surface area contributed by atoms with Crippen molar-refractivity contribution >= 4 is 22.9 Å². The van der Waals surface area contributed by atoms with Crippen LogP contribution in [0.15, 0.2) is 30.3 Å². The summed E-state index contributed by atoms with van der Waals surface area (Å²) in [5.41, 5.74) is 1.13. The summed E-state index contributed by atoms with van der Waals surface area (Å²) in [4.78, 5) is 1.22. The standard InChI is InChI=1S/C14H12ClFN2S/c15-14-2-1-13(19-14)3-4-18-9-11-5-10(8-17)6-12(16)7-11/h1-2,5-7,18H,3-4,9H2. The Bertz CT molecular complexity index is 604. The van der Waals surface area contributed by atoms with Gasteiger partial charge in [-0.1, -0.05) is 11.6 Å². The zero-order valence-corrected chi connectivity index (χ0v) is 11.7. The van der Waals surface area contributed by atoms with Crippen LogP contribution in [0.25, 0.3) is 0 Å². The minimum absolute atomic E-state index is 0.349. The number of hydrogen-bond donors (Lipinski definition) is 1. The molecule has 0 aliphatic heterocycles. The molecule has 0 amide bonds. The maximum absolute atomic E-state index is 13.2. The van der Waals surface area contributed by atoms with E-state index in [0.717, 1.165) is 22.9 Å². The van der Waals surface area contributed by atoms with E-state index in [0.29, 0.717) is 12.1 Å². The van der Waals surface area contributed by atoms with E-state index in [-0.39, 0.29) is 5.82 Å². The van der Waals surface area contributed by atoms with Crippen LogP contribution < -0.4 is 5.32 Å². The van der Waals surface area contributed by atoms with E-state index in [1.165, 1.54) is 17.0 Å². The summed E-state index contributed by atoms with van der Waals surface area (Å²) in [5.74, 6) is -0.374. The molecule has 0 bridgehead atoms. The van der Waals surface area contributed by atoms with Crippen molar-refractivity contribution in [2.75, 3.05) is 6.54 Å². The Kier molecular flexibility index (Phi) is 4.92. The Morgan fingerprint density at radius 1 is 1.32 bits per heavy atom. The zero-order chi connectivity index (χ0) is 13.7. The van der Waals surface area contributed by atoms with Gasteiger partial charge in [0.2, 0.25) is 0 Å². The fourth-order valence-electron chi connectivity index (χ4n) is 1.75. The Hall–Kier alpha value is -1.41. The highest BCUT2D eigenvalue weighted by Crippen LogP contribution is 2.21. The van der Waals surface area contributed by atoms with Gasteiger partial charge in [0.05, 0.1) is 16.0 Å². The minimum atomic E-state index is -0.374. The van der Waals surface area contributed by atoms with Crippen molar-refractivity contribution in [3.8, 4) is 6.07 Å². The number of nitriles is 1. The molecule has 0 aliphatic carbocycles. The predicted molar refractivity (Wildman–Crippen MR) is 75.9 cm³/mol. The summed E-state index contributed by atoms with van der Waals surface area (Å²) in [6.07, 6.45) is 0.887. The summed E-state index contributed by atoms with van der Waals surface area (Å²) in [6.45, 7) is 1.33. The number of nitrogens with one attached hydrogen (secondary N) is 1. The molecule has 5 heteroatoms. The second-order valence-electron chi connectivity index (χ2n) is 4.09. The molecule has 2 nitrogen and oxygen atoms in total. The van der Waals surface area contributed by atoms with Gasteiger partial charge in [-0.25, -0.2) is 4.39 Å². The molecule has 0 spiro atoms. The van der Waals surface area contributed by atoms with Crippen LogP contribution in [0, 0.1) is 17.1 Å². The van der Waals surface area contributed by atoms with Gasteiger partial charge in [0, 0.05) is 18.0 Å². The molecule has 1 aromatic heterocycles. The Balaban J connectivity index is 1.83. The van der Waals surface area contributed by atoms with E-state index in [4.69, 9.17) is 16.9 Å². The molecule has 98 valence electrons. The molecule has 0 saturated carbocycles. The van der Waals surface area contributed by atoms with E-state index >= 15 is 0 Å². The lowest BCUT2D eigenvalue weighted by Gasteiger charge is -2.05. The summed E-state index contributed by atoms with van der Waals surface area (Å²) in [6, 6.07) is 10.2. The van der Waals surface area contributed by atoms with Gasteiger partial charge < -0.3 is 5.32 Å². The molecule has 0 radical (unpaired) electrons. The maximum atomic E-state index is 13.2. The Labute approximate surface area is 120 Å². The molecule has 1 N–H and O–H groups in total. The van der Waals surface area contributed by atoms with Crippen molar-refractivity contribution < 1.29 is 4.39 Å². The lowest BCUT2D eigenvalue weighted by molar-refractivity contribution is 0.619. The molecule has 2 aromatic rings. The first-order valence-electron chi connectivity index (χ1n) is 5.82. The third kappa shape index (κ3) is 4.32. The molecule has 0 aliphatic rings. The second-order valence-corrected chi connectivity index (χ2v) is 5.89. The minimum Gasteiger partial charge on any atom is -0.312 e. The number of benzene rings is 1. The summed E-state index contributed by atoms with van der Waals surface area (Å²) >= 11 is 7.41. The molecule has 0 atom stereocenters. The largest absolute Gasteiger partial charge is 0.312 e. The summed E-state index contributed by atoms with van der Waals surface area (Å²) < 4.78 is 14.0. The average molecular weight is 295 g/mol. The van der Waals surface area contributed by atoms with Crippen LogP contribution in [0.1, 0.15) is 16.0 Å². The van der Waals surface area contributed by atoms with Crippen molar-refractivity contribution in [3.63, 3.8) is 0 Å². The maximum Gasteiger partial charge on any atom is 0.124 e. The molecule has 1 heterocycles. The number of thiophene rings is 1. The van der Waals surface area contributed by atoms with E-state index < -0.39 is 0 Å². The van der Waals surface area contributed by atoms with Crippen LogP contribution in [-0.2, 0) is 13.0 Å². The highest BCUT2D eigenvalue weighted by Gasteiger charge is 2.01. The van der Waals surface area contributed by atoms with Crippen LogP contribution in [-0.4, -0.2) is 6.54 Å². The number of halogens is 2. The smallest absolute Gasteiger partial charge is 0.124 e. The molecule has 0 fully saturated rings. The van der Waals surface area contributed by atoms with E-state index in [1.807, 2.05) is 18.2 Å². The molecule has 1 aromatic carbocycles. The third-order valence-corrected chi connectivity index (χ3v) is 3.88. The van der Waals surface area contributed by atoms with Gasteiger partial charge in [0.1, 0.15) is 5.82 Å². The van der Waals surface area contributed by atoms with Crippen LogP contribution in [0.5, 0.6) is 0 Å². The molecule has 19 heavy (non-hydrogen) atoms. The van der Waals surface area contributed by atoms with Gasteiger partial charge in [-0.05, 0) is 42.3 Å². The molecule has 0 saturated heterocycles. The SMILES string of the molecule is N#Cc1cc(F)cc(CNCCc2ccc(Cl)s2)c1. The Morgan fingerprint density at radius 2 is 2.16 bits per heavy atom. The van der Waals surface area contributed by atoms with E-state index in [2.05, 4.69) is 5.32 Å². The zero-order valence-electron chi connectivity index (χ0n) is 10.1. The molecular weight excluding hydrogens is 283 g/mol. The number of nitrogens with zero attached hydrogens (tertiary/aromatic N) is 1. The van der Waals surface area contributed by atoms with Crippen molar-refractivity contribution in [1.29, 1.82) is 5.26 Å². The van der Waals surface area contributed by atoms with Crippen LogP contribution in [0.4, 0.5) is 4.39 Å². The lowest BCUT2D eigenvalue weighted by Crippen LogP contribution is -2.16. The Morgan fingerprint density at radius 3 is 2.84 bits per heavy atom. The monoisotopic (exact) mass is 294 g/mol. The molecule has 2 rings (SSSR count). The second kappa shape index (κ2) is 6.67. The van der Waals surface area contributed by atoms with Crippen LogP contribution in [0.2, 0.25) is 4.34 Å². The van der Waals surface area contributed by atoms with Crippen molar-refractivity contribution in [2.24, 2.45) is 0 Å². The average Bonchev–Trinajstić information content (AvgIpc) is 2.80. The normalized spacial score (nSPS) is 10.4. The van der Waals surface area contributed by atoms with Gasteiger partial charge in [-0.15, -0.1) is 11.3 Å². The first-order valence-corrected chi connectivity index (χ1v) is 7.01. The van der Waals surface area contributed by atoms with Crippen LogP contribution in [0.3, 0.4) is 0 Å². The lowest BCUT2D eigenvalue weighted by atomic mass is 10.1. The first-order chi connectivity index (χ1) is 9.17. The van der Waals surface area contributed by atoms with Gasteiger partial charge >= 0.3 is 0 Å².